The van der Waals surface area contributed by atoms with E-state index in [1.165, 1.54) is 64.2 Å². The van der Waals surface area contributed by atoms with Crippen molar-refractivity contribution in [3.63, 3.8) is 0 Å². The molecule has 2 nitrogen and oxygen atoms in total. The van der Waals surface area contributed by atoms with Crippen molar-refractivity contribution in [2.75, 3.05) is 6.61 Å². The SMILES string of the molecule is CC1C(O)CCC2(C)C1CCC1C2CCC2(C)C3CC(C)(CO)CCC3(C)CCC12C. The normalized spacial score (nSPS) is 61.5. The molecule has 5 fully saturated rings. The van der Waals surface area contributed by atoms with Crippen LogP contribution < -0.4 is 0 Å². The molecule has 11 atom stereocenters. The third kappa shape index (κ3) is 2.88. The van der Waals surface area contributed by atoms with E-state index in [4.69, 9.17) is 0 Å². The Hall–Kier alpha value is -0.0800. The summed E-state index contributed by atoms with van der Waals surface area (Å²) in [7, 11) is 0. The van der Waals surface area contributed by atoms with Crippen molar-refractivity contribution in [3.8, 4) is 0 Å². The largest absolute Gasteiger partial charge is 0.396 e. The van der Waals surface area contributed by atoms with E-state index in [9.17, 15) is 10.2 Å². The minimum atomic E-state index is -0.0761. The predicted molar refractivity (Wildman–Crippen MR) is 128 cm³/mol. The summed E-state index contributed by atoms with van der Waals surface area (Å²) in [4.78, 5) is 0. The molecule has 0 aromatic heterocycles. The summed E-state index contributed by atoms with van der Waals surface area (Å²) in [6.07, 6.45) is 14.2. The van der Waals surface area contributed by atoms with Gasteiger partial charge in [-0.15, -0.1) is 0 Å². The van der Waals surface area contributed by atoms with Crippen LogP contribution >= 0.6 is 0 Å². The van der Waals surface area contributed by atoms with Crippen LogP contribution in [-0.4, -0.2) is 22.9 Å². The molecule has 31 heavy (non-hydrogen) atoms. The van der Waals surface area contributed by atoms with Crippen molar-refractivity contribution in [1.82, 2.24) is 0 Å². The Morgan fingerprint density at radius 2 is 1.39 bits per heavy atom. The average molecular weight is 431 g/mol. The highest BCUT2D eigenvalue weighted by Gasteiger charge is 2.68. The second kappa shape index (κ2) is 6.97. The van der Waals surface area contributed by atoms with Gasteiger partial charge in [0, 0.05) is 6.61 Å². The first-order valence-electron chi connectivity index (χ1n) is 13.7. The number of hydrogen-bond donors (Lipinski definition) is 2. The van der Waals surface area contributed by atoms with E-state index in [0.29, 0.717) is 40.1 Å². The van der Waals surface area contributed by atoms with Crippen molar-refractivity contribution in [3.05, 3.63) is 0 Å². The van der Waals surface area contributed by atoms with Gasteiger partial charge in [0.1, 0.15) is 0 Å². The molecule has 0 aliphatic heterocycles. The van der Waals surface area contributed by atoms with Gasteiger partial charge in [-0.25, -0.2) is 0 Å². The van der Waals surface area contributed by atoms with E-state index in [1.54, 1.807) is 0 Å². The molecule has 5 aliphatic carbocycles. The summed E-state index contributed by atoms with van der Waals surface area (Å²) in [5.41, 5.74) is 1.86. The smallest absolute Gasteiger partial charge is 0.0568 e. The van der Waals surface area contributed by atoms with E-state index in [-0.39, 0.29) is 11.5 Å². The van der Waals surface area contributed by atoms with Gasteiger partial charge in [-0.1, -0.05) is 41.5 Å². The van der Waals surface area contributed by atoms with E-state index in [1.807, 2.05) is 0 Å². The monoisotopic (exact) mass is 430 g/mol. The maximum Gasteiger partial charge on any atom is 0.0568 e. The highest BCUT2D eigenvalue weighted by Crippen LogP contribution is 2.76. The van der Waals surface area contributed by atoms with E-state index in [0.717, 1.165) is 24.2 Å². The van der Waals surface area contributed by atoms with E-state index < -0.39 is 0 Å². The molecule has 0 radical (unpaired) electrons. The summed E-state index contributed by atoms with van der Waals surface area (Å²) in [6.45, 7) is 15.7. The summed E-state index contributed by atoms with van der Waals surface area (Å²) in [5, 5.41) is 20.9. The average Bonchev–Trinajstić information content (AvgIpc) is 2.74. The fourth-order valence-corrected chi connectivity index (χ4v) is 10.9. The third-order valence-electron chi connectivity index (χ3n) is 13.5. The highest BCUT2D eigenvalue weighted by atomic mass is 16.3. The Bertz CT molecular complexity index is 720. The van der Waals surface area contributed by atoms with Crippen LogP contribution in [0.5, 0.6) is 0 Å². The van der Waals surface area contributed by atoms with Gasteiger partial charge < -0.3 is 10.2 Å². The van der Waals surface area contributed by atoms with Gasteiger partial charge in [0.25, 0.3) is 0 Å². The molecule has 5 aliphatic rings. The summed E-state index contributed by atoms with van der Waals surface area (Å²) < 4.78 is 0. The zero-order valence-corrected chi connectivity index (χ0v) is 21.3. The second-order valence-electron chi connectivity index (χ2n) is 14.6. The number of rotatable bonds is 1. The first-order chi connectivity index (χ1) is 14.4. The zero-order chi connectivity index (χ0) is 22.4. The zero-order valence-electron chi connectivity index (χ0n) is 21.3. The lowest BCUT2D eigenvalue weighted by atomic mass is 9.32. The predicted octanol–water partition coefficient (Wildman–Crippen LogP) is 6.83. The van der Waals surface area contributed by atoms with Crippen LogP contribution in [0.3, 0.4) is 0 Å². The van der Waals surface area contributed by atoms with Crippen molar-refractivity contribution in [1.29, 1.82) is 0 Å². The molecule has 2 heteroatoms. The van der Waals surface area contributed by atoms with Crippen LogP contribution in [0.15, 0.2) is 0 Å². The van der Waals surface area contributed by atoms with Crippen molar-refractivity contribution < 1.29 is 10.2 Å². The number of fused-ring (bicyclic) bond motifs is 7. The molecule has 5 rings (SSSR count). The molecular weight excluding hydrogens is 380 g/mol. The fourth-order valence-electron chi connectivity index (χ4n) is 10.9. The van der Waals surface area contributed by atoms with E-state index in [2.05, 4.69) is 41.5 Å². The van der Waals surface area contributed by atoms with Crippen molar-refractivity contribution in [2.45, 2.75) is 118 Å². The summed E-state index contributed by atoms with van der Waals surface area (Å²) in [6, 6.07) is 0. The van der Waals surface area contributed by atoms with Crippen LogP contribution in [0, 0.1) is 56.7 Å². The van der Waals surface area contributed by atoms with Gasteiger partial charge in [0.05, 0.1) is 6.10 Å². The van der Waals surface area contributed by atoms with Gasteiger partial charge in [-0.3, -0.25) is 0 Å². The van der Waals surface area contributed by atoms with Gasteiger partial charge in [-0.05, 0) is 127 Å². The standard InChI is InChI=1S/C29H50O2/c1-19-20-7-8-22-21(27(20,4)11-10-23(19)31)9-12-29(6)24-17-25(2,18-30)13-14-26(24,3)15-16-28(22,29)5/h19-24,30-31H,7-18H2,1-6H3. The molecule has 2 N–H and O–H groups in total. The first-order valence-corrected chi connectivity index (χ1v) is 13.7. The van der Waals surface area contributed by atoms with Gasteiger partial charge in [0.2, 0.25) is 0 Å². The Morgan fingerprint density at radius 1 is 0.710 bits per heavy atom. The van der Waals surface area contributed by atoms with Crippen LogP contribution in [0.1, 0.15) is 112 Å². The van der Waals surface area contributed by atoms with Gasteiger partial charge >= 0.3 is 0 Å². The highest BCUT2D eigenvalue weighted by molar-refractivity contribution is 5.17. The molecule has 178 valence electrons. The third-order valence-corrected chi connectivity index (χ3v) is 13.5. The van der Waals surface area contributed by atoms with Crippen LogP contribution in [0.25, 0.3) is 0 Å². The minimum absolute atomic E-state index is 0.0761. The molecule has 0 amide bonds. The van der Waals surface area contributed by atoms with E-state index >= 15 is 0 Å². The Labute approximate surface area is 192 Å². The molecule has 0 aromatic carbocycles. The van der Waals surface area contributed by atoms with Gasteiger partial charge in [-0.2, -0.15) is 0 Å². The minimum Gasteiger partial charge on any atom is -0.396 e. The maximum atomic E-state index is 10.6. The van der Waals surface area contributed by atoms with Crippen LogP contribution in [0.4, 0.5) is 0 Å². The summed E-state index contributed by atoms with van der Waals surface area (Å²) >= 11 is 0. The first kappa shape index (κ1) is 22.7. The summed E-state index contributed by atoms with van der Waals surface area (Å²) in [5.74, 6) is 3.63. The Morgan fingerprint density at radius 3 is 2.10 bits per heavy atom. The van der Waals surface area contributed by atoms with Gasteiger partial charge in [0.15, 0.2) is 0 Å². The molecule has 0 bridgehead atoms. The maximum absolute atomic E-state index is 10.6. The lowest BCUT2D eigenvalue weighted by molar-refractivity contribution is -0.241. The van der Waals surface area contributed by atoms with Crippen molar-refractivity contribution >= 4 is 0 Å². The van der Waals surface area contributed by atoms with Crippen LogP contribution in [-0.2, 0) is 0 Å². The molecule has 0 spiro atoms. The Balaban J connectivity index is 1.50. The Kier molecular flexibility index (Phi) is 5.10. The second-order valence-corrected chi connectivity index (χ2v) is 14.6. The number of hydrogen-bond acceptors (Lipinski definition) is 2. The topological polar surface area (TPSA) is 40.5 Å². The quantitative estimate of drug-likeness (QED) is 0.478. The molecule has 5 saturated carbocycles. The molecule has 0 saturated heterocycles. The number of aliphatic hydroxyl groups excluding tert-OH is 2. The lowest BCUT2D eigenvalue weighted by Gasteiger charge is -2.73. The van der Waals surface area contributed by atoms with Crippen molar-refractivity contribution in [2.24, 2.45) is 56.7 Å². The molecule has 11 unspecified atom stereocenters. The fraction of sp³-hybridized carbons (Fsp3) is 1.00. The number of aliphatic hydroxyl groups is 2. The molecule has 0 heterocycles. The lowest BCUT2D eigenvalue weighted by Crippen LogP contribution is -2.65. The molecule has 0 aromatic rings. The molecular formula is C29H50O2. The van der Waals surface area contributed by atoms with Crippen LogP contribution in [0.2, 0.25) is 0 Å².